The van der Waals surface area contributed by atoms with E-state index in [-0.39, 0.29) is 5.97 Å². The van der Waals surface area contributed by atoms with Crippen molar-refractivity contribution in [3.05, 3.63) is 47.0 Å². The van der Waals surface area contributed by atoms with Crippen molar-refractivity contribution in [1.82, 2.24) is 5.32 Å². The lowest BCUT2D eigenvalue weighted by atomic mass is 10.1. The quantitative estimate of drug-likeness (QED) is 0.477. The van der Waals surface area contributed by atoms with Crippen LogP contribution in [0.4, 0.5) is 0 Å². The lowest BCUT2D eigenvalue weighted by molar-refractivity contribution is -0.137. The minimum atomic E-state index is -0.271. The zero-order valence-corrected chi connectivity index (χ0v) is 11.3. The predicted octanol–water partition coefficient (Wildman–Crippen LogP) is 2.59. The molecule has 0 heterocycles. The number of benzene rings is 1. The average Bonchev–Trinajstić information content (AvgIpc) is 2.30. The van der Waals surface area contributed by atoms with E-state index in [2.05, 4.69) is 24.4 Å². The van der Waals surface area contributed by atoms with Gasteiger partial charge in [-0.3, -0.25) is 0 Å². The van der Waals surface area contributed by atoms with Crippen LogP contribution in [0.5, 0.6) is 0 Å². The van der Waals surface area contributed by atoms with Crippen LogP contribution >= 0.6 is 0 Å². The van der Waals surface area contributed by atoms with E-state index >= 15 is 0 Å². The molecule has 1 aromatic rings. The number of allylic oxidation sites excluding steroid dienone is 1. The van der Waals surface area contributed by atoms with Gasteiger partial charge in [0.1, 0.15) is 6.61 Å². The third-order valence-corrected chi connectivity index (χ3v) is 2.51. The van der Waals surface area contributed by atoms with E-state index in [9.17, 15) is 4.79 Å². The summed E-state index contributed by atoms with van der Waals surface area (Å²) < 4.78 is 5.04. The van der Waals surface area contributed by atoms with Crippen LogP contribution in [0.1, 0.15) is 25.0 Å². The Hall–Kier alpha value is -1.61. The molecule has 3 nitrogen and oxygen atoms in total. The standard InChI is InChI=1S/C15H21NO2/c1-12(2)10-15(17)18-9-8-16-11-14-7-5-4-6-13(14)3/h4-7,10,16H,8-9,11H2,1-3H3. The summed E-state index contributed by atoms with van der Waals surface area (Å²) in [6.07, 6.45) is 1.50. The average molecular weight is 247 g/mol. The van der Waals surface area contributed by atoms with Crippen LogP contribution in [0.3, 0.4) is 0 Å². The Bertz CT molecular complexity index is 420. The normalized spacial score (nSPS) is 9.94. The third-order valence-electron chi connectivity index (χ3n) is 2.51. The van der Waals surface area contributed by atoms with Gasteiger partial charge in [-0.1, -0.05) is 29.8 Å². The summed E-state index contributed by atoms with van der Waals surface area (Å²) in [4.78, 5) is 11.2. The fourth-order valence-corrected chi connectivity index (χ4v) is 1.53. The maximum Gasteiger partial charge on any atom is 0.330 e. The molecule has 0 aliphatic heterocycles. The van der Waals surface area contributed by atoms with E-state index in [4.69, 9.17) is 4.74 Å². The lowest BCUT2D eigenvalue weighted by Crippen LogP contribution is -2.21. The second-order valence-corrected chi connectivity index (χ2v) is 4.49. The molecule has 0 radical (unpaired) electrons. The summed E-state index contributed by atoms with van der Waals surface area (Å²) in [6, 6.07) is 8.24. The van der Waals surface area contributed by atoms with Gasteiger partial charge < -0.3 is 10.1 Å². The fraction of sp³-hybridized carbons (Fsp3) is 0.400. The molecule has 0 aromatic heterocycles. The first kappa shape index (κ1) is 14.5. The van der Waals surface area contributed by atoms with E-state index in [1.54, 1.807) is 0 Å². The topological polar surface area (TPSA) is 38.3 Å². The number of hydrogen-bond acceptors (Lipinski definition) is 3. The second kappa shape index (κ2) is 7.67. The van der Waals surface area contributed by atoms with E-state index in [0.717, 1.165) is 12.1 Å². The first-order valence-electron chi connectivity index (χ1n) is 6.16. The van der Waals surface area contributed by atoms with Gasteiger partial charge in [-0.15, -0.1) is 0 Å². The number of hydrogen-bond donors (Lipinski definition) is 1. The van der Waals surface area contributed by atoms with E-state index in [0.29, 0.717) is 13.2 Å². The van der Waals surface area contributed by atoms with Gasteiger partial charge in [-0.25, -0.2) is 4.79 Å². The van der Waals surface area contributed by atoms with Gasteiger partial charge in [0, 0.05) is 19.2 Å². The highest BCUT2D eigenvalue weighted by molar-refractivity contribution is 5.82. The van der Waals surface area contributed by atoms with Crippen LogP contribution in [0.2, 0.25) is 0 Å². The van der Waals surface area contributed by atoms with Crippen LogP contribution in [0.25, 0.3) is 0 Å². The Labute approximate surface area is 109 Å². The molecule has 0 aliphatic rings. The molecule has 0 atom stereocenters. The molecule has 1 aromatic carbocycles. The molecule has 18 heavy (non-hydrogen) atoms. The number of rotatable bonds is 6. The minimum Gasteiger partial charge on any atom is -0.461 e. The van der Waals surface area contributed by atoms with Crippen molar-refractivity contribution in [2.75, 3.05) is 13.2 Å². The summed E-state index contributed by atoms with van der Waals surface area (Å²) in [5, 5.41) is 3.25. The zero-order chi connectivity index (χ0) is 13.4. The molecule has 0 bridgehead atoms. The number of ether oxygens (including phenoxy) is 1. The Morgan fingerprint density at radius 2 is 2.06 bits per heavy atom. The van der Waals surface area contributed by atoms with Gasteiger partial charge in [0.05, 0.1) is 0 Å². The maximum absolute atomic E-state index is 11.2. The summed E-state index contributed by atoms with van der Waals surface area (Å²) in [6.45, 7) is 7.69. The number of esters is 1. The SMILES string of the molecule is CC(C)=CC(=O)OCCNCc1ccccc1C. The van der Waals surface area contributed by atoms with Gasteiger partial charge in [0.25, 0.3) is 0 Å². The number of aryl methyl sites for hydroxylation is 1. The molecular formula is C15H21NO2. The minimum absolute atomic E-state index is 0.271. The van der Waals surface area contributed by atoms with Gasteiger partial charge in [0.2, 0.25) is 0 Å². The van der Waals surface area contributed by atoms with Gasteiger partial charge in [0.15, 0.2) is 0 Å². The highest BCUT2D eigenvalue weighted by atomic mass is 16.5. The molecule has 1 rings (SSSR count). The fourth-order valence-electron chi connectivity index (χ4n) is 1.53. The van der Waals surface area contributed by atoms with Crippen molar-refractivity contribution in [3.8, 4) is 0 Å². The van der Waals surface area contributed by atoms with E-state index < -0.39 is 0 Å². The number of carbonyl (C=O) groups is 1. The highest BCUT2D eigenvalue weighted by Gasteiger charge is 1.98. The van der Waals surface area contributed by atoms with Crippen molar-refractivity contribution < 1.29 is 9.53 Å². The van der Waals surface area contributed by atoms with Gasteiger partial charge in [-0.2, -0.15) is 0 Å². The maximum atomic E-state index is 11.2. The molecule has 0 saturated heterocycles. The Morgan fingerprint density at radius 1 is 1.33 bits per heavy atom. The molecule has 0 amide bonds. The summed E-state index contributed by atoms with van der Waals surface area (Å²) in [5.74, 6) is -0.271. The Balaban J connectivity index is 2.18. The first-order chi connectivity index (χ1) is 8.59. The summed E-state index contributed by atoms with van der Waals surface area (Å²) in [5.41, 5.74) is 3.49. The van der Waals surface area contributed by atoms with Crippen LogP contribution in [0, 0.1) is 6.92 Å². The Kier molecular flexibility index (Phi) is 6.15. The van der Waals surface area contributed by atoms with E-state index in [1.165, 1.54) is 17.2 Å². The van der Waals surface area contributed by atoms with Crippen LogP contribution in [-0.4, -0.2) is 19.1 Å². The molecule has 0 fully saturated rings. The molecule has 98 valence electrons. The molecule has 0 unspecified atom stereocenters. The lowest BCUT2D eigenvalue weighted by Gasteiger charge is -2.07. The molecule has 3 heteroatoms. The molecule has 0 aliphatic carbocycles. The highest BCUT2D eigenvalue weighted by Crippen LogP contribution is 2.05. The van der Waals surface area contributed by atoms with Crippen LogP contribution < -0.4 is 5.32 Å². The largest absolute Gasteiger partial charge is 0.461 e. The van der Waals surface area contributed by atoms with Gasteiger partial charge in [-0.05, 0) is 31.9 Å². The van der Waals surface area contributed by atoms with Crippen molar-refractivity contribution >= 4 is 5.97 Å². The van der Waals surface area contributed by atoms with E-state index in [1.807, 2.05) is 26.0 Å². The summed E-state index contributed by atoms with van der Waals surface area (Å²) in [7, 11) is 0. The first-order valence-corrected chi connectivity index (χ1v) is 6.16. The summed E-state index contributed by atoms with van der Waals surface area (Å²) >= 11 is 0. The van der Waals surface area contributed by atoms with Crippen molar-refractivity contribution in [2.45, 2.75) is 27.3 Å². The van der Waals surface area contributed by atoms with Crippen molar-refractivity contribution in [1.29, 1.82) is 0 Å². The molecular weight excluding hydrogens is 226 g/mol. The number of nitrogens with one attached hydrogen (secondary N) is 1. The van der Waals surface area contributed by atoms with Crippen LogP contribution in [-0.2, 0) is 16.1 Å². The molecule has 0 spiro atoms. The monoisotopic (exact) mass is 247 g/mol. The van der Waals surface area contributed by atoms with Crippen LogP contribution in [0.15, 0.2) is 35.9 Å². The molecule has 1 N–H and O–H groups in total. The zero-order valence-electron chi connectivity index (χ0n) is 11.3. The number of carbonyl (C=O) groups excluding carboxylic acids is 1. The smallest absolute Gasteiger partial charge is 0.330 e. The van der Waals surface area contributed by atoms with Crippen molar-refractivity contribution in [2.24, 2.45) is 0 Å². The third kappa shape index (κ3) is 5.64. The molecule has 0 saturated carbocycles. The van der Waals surface area contributed by atoms with Crippen molar-refractivity contribution in [3.63, 3.8) is 0 Å². The predicted molar refractivity (Wildman–Crippen MR) is 73.3 cm³/mol. The second-order valence-electron chi connectivity index (χ2n) is 4.49. The van der Waals surface area contributed by atoms with Gasteiger partial charge >= 0.3 is 5.97 Å². The Morgan fingerprint density at radius 3 is 2.72 bits per heavy atom.